The van der Waals surface area contributed by atoms with Gasteiger partial charge in [0, 0.05) is 49.3 Å². The largest absolute Gasteiger partial charge is 0.311 e. The van der Waals surface area contributed by atoms with Gasteiger partial charge in [-0.1, -0.05) is 31.7 Å². The van der Waals surface area contributed by atoms with Crippen molar-refractivity contribution in [2.75, 3.05) is 13.1 Å². The summed E-state index contributed by atoms with van der Waals surface area (Å²) >= 11 is 0. The molecule has 2 fully saturated rings. The average molecular weight is 386 g/mol. The highest BCUT2D eigenvalue weighted by Crippen LogP contribution is 2.24. The molecule has 1 aliphatic heterocycles. The third kappa shape index (κ3) is 4.93. The van der Waals surface area contributed by atoms with Gasteiger partial charge in [-0.05, 0) is 51.7 Å². The van der Waals surface area contributed by atoms with Crippen LogP contribution in [0.4, 0.5) is 0 Å². The van der Waals surface area contributed by atoms with Gasteiger partial charge in [-0.3, -0.25) is 4.98 Å². The molecular formula is C23H39N5. The molecule has 0 spiro atoms. The van der Waals surface area contributed by atoms with E-state index in [1.54, 1.807) is 0 Å². The predicted octanol–water partition coefficient (Wildman–Crippen LogP) is 3.20. The standard InChI is InChI=1S/C23H39N5/c1-16-18-12-7-13-19(28-18)17(2)27-23-11-6-4-9-21(23)25-15-14-24-20-8-3-5-10-22(20)26-16/h7,12-13,16-17,20-27H,3-6,8-11,14-15H2,1-2H3/t16-,17-,20?,21?,22+,23?/m0/s1. The molecule has 2 heterocycles. The van der Waals surface area contributed by atoms with Crippen LogP contribution >= 0.6 is 0 Å². The van der Waals surface area contributed by atoms with Gasteiger partial charge < -0.3 is 21.3 Å². The number of rotatable bonds is 0. The van der Waals surface area contributed by atoms with Gasteiger partial charge >= 0.3 is 0 Å². The fourth-order valence-corrected chi connectivity index (χ4v) is 5.43. The lowest BCUT2D eigenvalue weighted by atomic mass is 9.89. The van der Waals surface area contributed by atoms with Crippen LogP contribution < -0.4 is 21.3 Å². The zero-order valence-electron chi connectivity index (χ0n) is 17.7. The summed E-state index contributed by atoms with van der Waals surface area (Å²) in [6, 6.07) is 9.34. The maximum absolute atomic E-state index is 5.06. The van der Waals surface area contributed by atoms with Gasteiger partial charge in [-0.2, -0.15) is 0 Å². The minimum Gasteiger partial charge on any atom is -0.311 e. The predicted molar refractivity (Wildman–Crippen MR) is 115 cm³/mol. The number of aromatic nitrogens is 1. The van der Waals surface area contributed by atoms with Crippen molar-refractivity contribution < 1.29 is 0 Å². The minimum absolute atomic E-state index is 0.283. The highest BCUT2D eigenvalue weighted by molar-refractivity contribution is 5.17. The minimum atomic E-state index is 0.283. The van der Waals surface area contributed by atoms with Crippen LogP contribution in [0.3, 0.4) is 0 Å². The summed E-state index contributed by atoms with van der Waals surface area (Å²) in [6.45, 7) is 6.66. The van der Waals surface area contributed by atoms with Crippen molar-refractivity contribution in [3.63, 3.8) is 0 Å². The molecule has 2 bridgehead atoms. The van der Waals surface area contributed by atoms with Gasteiger partial charge in [-0.25, -0.2) is 0 Å². The van der Waals surface area contributed by atoms with Gasteiger partial charge in [0.25, 0.3) is 0 Å². The molecule has 5 nitrogen and oxygen atoms in total. The Hall–Kier alpha value is -1.01. The van der Waals surface area contributed by atoms with E-state index in [0.29, 0.717) is 24.2 Å². The summed E-state index contributed by atoms with van der Waals surface area (Å²) in [4.78, 5) is 5.06. The van der Waals surface area contributed by atoms with E-state index >= 15 is 0 Å². The van der Waals surface area contributed by atoms with Crippen molar-refractivity contribution in [1.82, 2.24) is 26.3 Å². The molecule has 0 aromatic carbocycles. The second kappa shape index (κ2) is 9.66. The highest BCUT2D eigenvalue weighted by atomic mass is 15.1. The van der Waals surface area contributed by atoms with Crippen LogP contribution in [0.25, 0.3) is 0 Å². The van der Waals surface area contributed by atoms with E-state index in [4.69, 9.17) is 4.98 Å². The molecule has 5 heteroatoms. The Morgan fingerprint density at radius 3 is 1.57 bits per heavy atom. The third-order valence-electron chi connectivity index (χ3n) is 7.08. The Morgan fingerprint density at radius 2 is 1.11 bits per heavy atom. The molecule has 0 amide bonds. The van der Waals surface area contributed by atoms with Crippen LogP contribution in [0.15, 0.2) is 18.2 Å². The first-order valence-corrected chi connectivity index (χ1v) is 11.7. The van der Waals surface area contributed by atoms with Gasteiger partial charge in [0.1, 0.15) is 0 Å². The van der Waals surface area contributed by atoms with E-state index in [2.05, 4.69) is 53.3 Å². The molecule has 4 rings (SSSR count). The molecule has 6 atom stereocenters. The first kappa shape index (κ1) is 20.3. The summed E-state index contributed by atoms with van der Waals surface area (Å²) in [7, 11) is 0. The van der Waals surface area contributed by atoms with Crippen molar-refractivity contribution in [3.8, 4) is 0 Å². The number of hydrogen-bond acceptors (Lipinski definition) is 5. The fourth-order valence-electron chi connectivity index (χ4n) is 5.43. The first-order valence-electron chi connectivity index (χ1n) is 11.7. The molecule has 4 N–H and O–H groups in total. The second-order valence-electron chi connectivity index (χ2n) is 9.17. The summed E-state index contributed by atoms with van der Waals surface area (Å²) in [6.07, 6.45) is 10.4. The Kier molecular flexibility index (Phi) is 6.99. The van der Waals surface area contributed by atoms with Gasteiger partial charge in [0.05, 0.1) is 11.4 Å². The number of hydrogen-bond donors (Lipinski definition) is 4. The number of fused-ring (bicyclic) bond motifs is 4. The van der Waals surface area contributed by atoms with E-state index in [0.717, 1.165) is 13.1 Å². The molecule has 0 saturated heterocycles. The maximum atomic E-state index is 5.06. The van der Waals surface area contributed by atoms with Gasteiger partial charge in [-0.15, -0.1) is 0 Å². The monoisotopic (exact) mass is 385 g/mol. The zero-order chi connectivity index (χ0) is 19.3. The maximum Gasteiger partial charge on any atom is 0.0574 e. The molecule has 3 aliphatic rings. The lowest BCUT2D eigenvalue weighted by Gasteiger charge is -2.36. The summed E-state index contributed by atoms with van der Waals surface area (Å²) in [5.74, 6) is 0. The number of nitrogens with one attached hydrogen (secondary N) is 4. The molecular weight excluding hydrogens is 346 g/mol. The van der Waals surface area contributed by atoms with Crippen molar-refractivity contribution in [2.45, 2.75) is 101 Å². The molecule has 2 saturated carbocycles. The fraction of sp³-hybridized carbons (Fsp3) is 0.783. The molecule has 28 heavy (non-hydrogen) atoms. The van der Waals surface area contributed by atoms with Crippen molar-refractivity contribution in [3.05, 3.63) is 29.6 Å². The summed E-state index contributed by atoms with van der Waals surface area (Å²) in [5, 5.41) is 15.5. The molecule has 3 unspecified atom stereocenters. The number of nitrogens with zero attached hydrogens (tertiary/aromatic N) is 1. The molecule has 1 aromatic rings. The third-order valence-corrected chi connectivity index (χ3v) is 7.08. The second-order valence-corrected chi connectivity index (χ2v) is 9.17. The van der Waals surface area contributed by atoms with Gasteiger partial charge in [0.15, 0.2) is 0 Å². The van der Waals surface area contributed by atoms with E-state index in [1.807, 2.05) is 0 Å². The Labute approximate surface area is 170 Å². The van der Waals surface area contributed by atoms with Crippen molar-refractivity contribution >= 4 is 0 Å². The zero-order valence-corrected chi connectivity index (χ0v) is 17.7. The van der Waals surface area contributed by atoms with Crippen LogP contribution in [0.5, 0.6) is 0 Å². The van der Waals surface area contributed by atoms with Crippen LogP contribution in [-0.4, -0.2) is 42.2 Å². The lowest BCUT2D eigenvalue weighted by molar-refractivity contribution is 0.254. The topological polar surface area (TPSA) is 61.0 Å². The lowest BCUT2D eigenvalue weighted by Crippen LogP contribution is -2.54. The molecule has 0 radical (unpaired) electrons. The van der Waals surface area contributed by atoms with Crippen LogP contribution in [-0.2, 0) is 0 Å². The Morgan fingerprint density at radius 1 is 0.679 bits per heavy atom. The smallest absolute Gasteiger partial charge is 0.0574 e. The Bertz CT molecular complexity index is 572. The molecule has 1 aromatic heterocycles. The van der Waals surface area contributed by atoms with E-state index < -0.39 is 0 Å². The van der Waals surface area contributed by atoms with Crippen LogP contribution in [0, 0.1) is 0 Å². The molecule has 156 valence electrons. The van der Waals surface area contributed by atoms with Crippen molar-refractivity contribution in [2.24, 2.45) is 0 Å². The summed E-state index contributed by atoms with van der Waals surface area (Å²) in [5.41, 5.74) is 2.34. The quantitative estimate of drug-likeness (QED) is 0.552. The number of pyridine rings is 1. The average Bonchev–Trinajstić information content (AvgIpc) is 2.73. The Balaban J connectivity index is 1.56. The van der Waals surface area contributed by atoms with Crippen LogP contribution in [0.1, 0.15) is 88.7 Å². The van der Waals surface area contributed by atoms with E-state index in [9.17, 15) is 0 Å². The summed E-state index contributed by atoms with van der Waals surface area (Å²) < 4.78 is 0. The van der Waals surface area contributed by atoms with Crippen molar-refractivity contribution in [1.29, 1.82) is 0 Å². The normalized spacial score (nSPS) is 37.8. The SMILES string of the molecule is C[C@@H]1NC2CCCCC2NCCNC2CCCC[C@H]2N[C@@H](C)c2cccc1n2. The van der Waals surface area contributed by atoms with Crippen LogP contribution in [0.2, 0.25) is 0 Å². The highest BCUT2D eigenvalue weighted by Gasteiger charge is 2.29. The first-order chi connectivity index (χ1) is 13.7. The van der Waals surface area contributed by atoms with Gasteiger partial charge in [0.2, 0.25) is 0 Å². The van der Waals surface area contributed by atoms with E-state index in [-0.39, 0.29) is 12.1 Å². The molecule has 2 aliphatic carbocycles. The van der Waals surface area contributed by atoms with E-state index in [1.165, 1.54) is 62.8 Å².